The van der Waals surface area contributed by atoms with Crippen LogP contribution in [0.2, 0.25) is 0 Å². The van der Waals surface area contributed by atoms with Crippen molar-refractivity contribution in [1.82, 2.24) is 9.88 Å². The molecule has 0 aliphatic carbocycles. The van der Waals surface area contributed by atoms with Crippen molar-refractivity contribution in [1.29, 1.82) is 0 Å². The third-order valence-corrected chi connectivity index (χ3v) is 3.85. The lowest BCUT2D eigenvalue weighted by Gasteiger charge is -2.36. The Morgan fingerprint density at radius 1 is 1.39 bits per heavy atom. The Hall–Kier alpha value is -1.78. The maximum absolute atomic E-state index is 12.4. The number of piperidine rings is 1. The van der Waals surface area contributed by atoms with Crippen molar-refractivity contribution < 1.29 is 14.3 Å². The van der Waals surface area contributed by atoms with E-state index in [4.69, 9.17) is 9.47 Å². The summed E-state index contributed by atoms with van der Waals surface area (Å²) in [4.78, 5) is 18.4. The summed E-state index contributed by atoms with van der Waals surface area (Å²) in [6, 6.07) is 4.05. The van der Waals surface area contributed by atoms with Crippen LogP contribution in [0.15, 0.2) is 18.3 Å². The Balaban J connectivity index is 1.87. The van der Waals surface area contributed by atoms with Crippen LogP contribution in [0.3, 0.4) is 0 Å². The van der Waals surface area contributed by atoms with Gasteiger partial charge in [0.2, 0.25) is 5.88 Å². The van der Waals surface area contributed by atoms with E-state index in [1.165, 1.54) is 0 Å². The molecule has 0 aromatic carbocycles. The van der Waals surface area contributed by atoms with Crippen LogP contribution in [-0.4, -0.2) is 40.8 Å². The Bertz CT molecular complexity index is 525. The fraction of sp³-hybridized carbons (Fsp3) is 0.667. The molecule has 1 atom stereocenters. The van der Waals surface area contributed by atoms with E-state index in [1.807, 2.05) is 44.7 Å². The number of pyridine rings is 1. The highest BCUT2D eigenvalue weighted by Crippen LogP contribution is 2.22. The molecular weight excluding hydrogens is 292 g/mol. The van der Waals surface area contributed by atoms with Gasteiger partial charge in [0.1, 0.15) is 5.60 Å². The number of nitrogens with zero attached hydrogens (tertiary/aromatic N) is 2. The van der Waals surface area contributed by atoms with Crippen LogP contribution in [0.4, 0.5) is 4.79 Å². The van der Waals surface area contributed by atoms with Crippen molar-refractivity contribution in [2.45, 2.75) is 65.0 Å². The van der Waals surface area contributed by atoms with Crippen molar-refractivity contribution in [2.75, 3.05) is 13.2 Å². The molecule has 1 amide bonds. The number of likely N-dealkylation sites (tertiary alicyclic amines) is 1. The predicted octanol–water partition coefficient (Wildman–Crippen LogP) is 3.95. The maximum Gasteiger partial charge on any atom is 0.410 e. The van der Waals surface area contributed by atoms with Gasteiger partial charge in [0.05, 0.1) is 6.61 Å². The summed E-state index contributed by atoms with van der Waals surface area (Å²) in [7, 11) is 0. The molecule has 0 N–H and O–H groups in total. The van der Waals surface area contributed by atoms with Crippen LogP contribution in [0.25, 0.3) is 0 Å². The zero-order valence-electron chi connectivity index (χ0n) is 14.7. The van der Waals surface area contributed by atoms with Gasteiger partial charge in [-0.15, -0.1) is 0 Å². The number of aromatic nitrogens is 1. The molecule has 1 aromatic rings. The molecule has 5 nitrogen and oxygen atoms in total. The summed E-state index contributed by atoms with van der Waals surface area (Å²) in [5.41, 5.74) is 0.671. The molecule has 0 saturated carbocycles. The molecule has 0 bridgehead atoms. The van der Waals surface area contributed by atoms with Crippen LogP contribution in [-0.2, 0) is 4.74 Å². The van der Waals surface area contributed by atoms with Crippen molar-refractivity contribution in [3.63, 3.8) is 0 Å². The first kappa shape index (κ1) is 17.6. The summed E-state index contributed by atoms with van der Waals surface area (Å²) in [6.07, 6.45) is 5.52. The number of rotatable bonds is 4. The smallest absolute Gasteiger partial charge is 0.410 e. The average molecular weight is 320 g/mol. The fourth-order valence-corrected chi connectivity index (χ4v) is 2.75. The Labute approximate surface area is 139 Å². The van der Waals surface area contributed by atoms with Gasteiger partial charge < -0.3 is 14.4 Å². The molecule has 2 heterocycles. The zero-order valence-corrected chi connectivity index (χ0v) is 14.7. The first-order valence-corrected chi connectivity index (χ1v) is 8.40. The number of hydrogen-bond donors (Lipinski definition) is 0. The summed E-state index contributed by atoms with van der Waals surface area (Å²) in [5, 5.41) is 0. The summed E-state index contributed by atoms with van der Waals surface area (Å²) >= 11 is 0. The van der Waals surface area contributed by atoms with Crippen molar-refractivity contribution in [2.24, 2.45) is 0 Å². The van der Waals surface area contributed by atoms with Crippen LogP contribution in [0.5, 0.6) is 5.88 Å². The van der Waals surface area contributed by atoms with Crippen LogP contribution in [0.1, 0.15) is 52.0 Å². The molecule has 0 spiro atoms. The molecule has 2 rings (SSSR count). The summed E-state index contributed by atoms with van der Waals surface area (Å²) < 4.78 is 11.3. The summed E-state index contributed by atoms with van der Waals surface area (Å²) in [6.45, 7) is 9.03. The normalized spacial score (nSPS) is 18.6. The molecule has 0 unspecified atom stereocenters. The predicted molar refractivity (Wildman–Crippen MR) is 89.7 cm³/mol. The summed E-state index contributed by atoms with van der Waals surface area (Å²) in [5.74, 6) is 0.643. The Morgan fingerprint density at radius 2 is 2.17 bits per heavy atom. The molecule has 128 valence electrons. The molecule has 5 heteroatoms. The molecule has 1 aliphatic rings. The van der Waals surface area contributed by atoms with E-state index in [-0.39, 0.29) is 12.1 Å². The molecule has 1 fully saturated rings. The number of ether oxygens (including phenoxy) is 2. The number of carbonyl (C=O) groups excluding carboxylic acids is 1. The molecule has 1 aliphatic heterocycles. The van der Waals surface area contributed by atoms with Crippen molar-refractivity contribution in [3.05, 3.63) is 23.9 Å². The lowest BCUT2D eigenvalue weighted by molar-refractivity contribution is 0.00738. The monoisotopic (exact) mass is 320 g/mol. The van der Waals surface area contributed by atoms with Crippen LogP contribution < -0.4 is 4.74 Å². The highest BCUT2D eigenvalue weighted by molar-refractivity contribution is 5.68. The van der Waals surface area contributed by atoms with E-state index < -0.39 is 5.60 Å². The Morgan fingerprint density at radius 3 is 2.87 bits per heavy atom. The fourth-order valence-electron chi connectivity index (χ4n) is 2.75. The van der Waals surface area contributed by atoms with Gasteiger partial charge in [-0.3, -0.25) is 0 Å². The second kappa shape index (κ2) is 7.66. The molecule has 23 heavy (non-hydrogen) atoms. The van der Waals surface area contributed by atoms with E-state index in [2.05, 4.69) is 4.98 Å². The second-order valence-electron chi connectivity index (χ2n) is 7.13. The lowest BCUT2D eigenvalue weighted by Crippen LogP contribution is -2.46. The lowest BCUT2D eigenvalue weighted by atomic mass is 10.0. The SMILES string of the molecule is Cc1ccnc(OCC[C@@H]2CCCCN2C(=O)OC(C)(C)C)c1. The molecule has 0 radical (unpaired) electrons. The number of amides is 1. The van der Waals surface area contributed by atoms with E-state index in [0.29, 0.717) is 12.5 Å². The second-order valence-corrected chi connectivity index (χ2v) is 7.13. The highest BCUT2D eigenvalue weighted by atomic mass is 16.6. The largest absolute Gasteiger partial charge is 0.478 e. The van der Waals surface area contributed by atoms with E-state index in [9.17, 15) is 4.79 Å². The van der Waals surface area contributed by atoms with Gasteiger partial charge in [-0.1, -0.05) is 0 Å². The Kier molecular flexibility index (Phi) is 5.85. The number of aryl methyl sites for hydroxylation is 1. The van der Waals surface area contributed by atoms with E-state index >= 15 is 0 Å². The van der Waals surface area contributed by atoms with E-state index in [0.717, 1.165) is 37.8 Å². The van der Waals surface area contributed by atoms with Gasteiger partial charge >= 0.3 is 6.09 Å². The van der Waals surface area contributed by atoms with Crippen LogP contribution >= 0.6 is 0 Å². The maximum atomic E-state index is 12.4. The molecule has 1 saturated heterocycles. The van der Waals surface area contributed by atoms with Crippen molar-refractivity contribution in [3.8, 4) is 5.88 Å². The third-order valence-electron chi connectivity index (χ3n) is 3.85. The highest BCUT2D eigenvalue weighted by Gasteiger charge is 2.30. The number of hydrogen-bond acceptors (Lipinski definition) is 4. The third kappa shape index (κ3) is 5.73. The molecule has 1 aromatic heterocycles. The van der Waals surface area contributed by atoms with Crippen molar-refractivity contribution >= 4 is 6.09 Å². The quantitative estimate of drug-likeness (QED) is 0.843. The standard InChI is InChI=1S/C18H28N2O3/c1-14-8-10-19-16(13-14)22-12-9-15-7-5-6-11-20(15)17(21)23-18(2,3)4/h8,10,13,15H,5-7,9,11-12H2,1-4H3/t15-/m0/s1. The topological polar surface area (TPSA) is 51.7 Å². The van der Waals surface area contributed by atoms with Gasteiger partial charge in [-0.05, 0) is 58.6 Å². The first-order valence-electron chi connectivity index (χ1n) is 8.40. The average Bonchev–Trinajstić information content (AvgIpc) is 2.46. The van der Waals surface area contributed by atoms with E-state index in [1.54, 1.807) is 6.20 Å². The van der Waals surface area contributed by atoms with Gasteiger partial charge in [0.15, 0.2) is 0 Å². The van der Waals surface area contributed by atoms with Crippen LogP contribution in [0, 0.1) is 6.92 Å². The minimum absolute atomic E-state index is 0.184. The molecular formula is C18H28N2O3. The number of carbonyl (C=O) groups is 1. The van der Waals surface area contributed by atoms with Gasteiger partial charge in [0.25, 0.3) is 0 Å². The minimum atomic E-state index is -0.457. The van der Waals surface area contributed by atoms with Gasteiger partial charge in [-0.25, -0.2) is 9.78 Å². The zero-order chi connectivity index (χ0) is 16.9. The van der Waals surface area contributed by atoms with Gasteiger partial charge in [0, 0.05) is 31.3 Å². The minimum Gasteiger partial charge on any atom is -0.478 e. The van der Waals surface area contributed by atoms with Gasteiger partial charge in [-0.2, -0.15) is 0 Å². The first-order chi connectivity index (χ1) is 10.8.